The summed E-state index contributed by atoms with van der Waals surface area (Å²) < 4.78 is 5.69. The van der Waals surface area contributed by atoms with Crippen LogP contribution in [-0.4, -0.2) is 23.7 Å². The number of ether oxygens (including phenoxy) is 1. The first-order valence-electron chi connectivity index (χ1n) is 7.40. The lowest BCUT2D eigenvalue weighted by Crippen LogP contribution is -2.31. The zero-order valence-corrected chi connectivity index (χ0v) is 13.4. The largest absolute Gasteiger partial charge is 0.488 e. The van der Waals surface area contributed by atoms with Gasteiger partial charge in [-0.1, -0.05) is 25.5 Å². The number of aliphatic hydroxyl groups excluding tert-OH is 1. The molecule has 0 aliphatic carbocycles. The molecule has 22 heavy (non-hydrogen) atoms. The van der Waals surface area contributed by atoms with Gasteiger partial charge in [0, 0.05) is 17.0 Å². The van der Waals surface area contributed by atoms with Crippen molar-refractivity contribution in [2.75, 3.05) is 6.54 Å². The van der Waals surface area contributed by atoms with E-state index in [0.29, 0.717) is 24.3 Å². The molecule has 0 spiro atoms. The Morgan fingerprint density at radius 3 is 2.95 bits per heavy atom. The molecule has 0 bridgehead atoms. The van der Waals surface area contributed by atoms with Crippen molar-refractivity contribution >= 4 is 17.2 Å². The molecule has 1 unspecified atom stereocenters. The minimum atomic E-state index is -0.493. The summed E-state index contributed by atoms with van der Waals surface area (Å²) in [5.74, 6) is 0.465. The minimum Gasteiger partial charge on any atom is -0.488 e. The summed E-state index contributed by atoms with van der Waals surface area (Å²) >= 11 is 1.64. The van der Waals surface area contributed by atoms with E-state index in [1.165, 1.54) is 0 Å². The fourth-order valence-electron chi connectivity index (χ4n) is 2.02. The van der Waals surface area contributed by atoms with Gasteiger partial charge in [0.2, 0.25) is 0 Å². The summed E-state index contributed by atoms with van der Waals surface area (Å²) in [6.45, 7) is 2.77. The van der Waals surface area contributed by atoms with Crippen molar-refractivity contribution in [2.45, 2.75) is 32.5 Å². The number of nitrogens with one attached hydrogen (secondary N) is 1. The Bertz CT molecular complexity index is 583. The van der Waals surface area contributed by atoms with Gasteiger partial charge in [-0.2, -0.15) is 0 Å². The normalized spacial score (nSPS) is 11.9. The Hall–Kier alpha value is -1.85. The van der Waals surface area contributed by atoms with Crippen LogP contribution in [0.2, 0.25) is 0 Å². The highest BCUT2D eigenvalue weighted by molar-refractivity contribution is 7.09. The van der Waals surface area contributed by atoms with Gasteiger partial charge in [-0.25, -0.2) is 0 Å². The van der Waals surface area contributed by atoms with Gasteiger partial charge in [0.15, 0.2) is 0 Å². The van der Waals surface area contributed by atoms with Gasteiger partial charge >= 0.3 is 0 Å². The maximum Gasteiger partial charge on any atom is 0.251 e. The average Bonchev–Trinajstić information content (AvgIpc) is 3.04. The summed E-state index contributed by atoms with van der Waals surface area (Å²) in [5.41, 5.74) is 0.535. The van der Waals surface area contributed by atoms with Crippen LogP contribution in [0.3, 0.4) is 0 Å². The molecule has 0 aliphatic heterocycles. The third kappa shape index (κ3) is 5.16. The minimum absolute atomic E-state index is 0.197. The number of carbonyl (C=O) groups is 1. The summed E-state index contributed by atoms with van der Waals surface area (Å²) in [4.78, 5) is 13.2. The predicted molar refractivity (Wildman–Crippen MR) is 88.3 cm³/mol. The molecule has 1 aromatic heterocycles. The molecule has 0 saturated carbocycles. The van der Waals surface area contributed by atoms with Crippen molar-refractivity contribution in [2.24, 2.45) is 0 Å². The lowest BCUT2D eigenvalue weighted by atomic mass is 10.2. The van der Waals surface area contributed by atoms with Crippen molar-refractivity contribution < 1.29 is 14.6 Å². The monoisotopic (exact) mass is 319 g/mol. The highest BCUT2D eigenvalue weighted by Crippen LogP contribution is 2.17. The number of carbonyl (C=O) groups excluding carboxylic acids is 1. The number of hydrogen-bond donors (Lipinski definition) is 2. The average molecular weight is 319 g/mol. The molecule has 2 N–H and O–H groups in total. The molecule has 0 aliphatic rings. The fraction of sp³-hybridized carbons (Fsp3) is 0.353. The molecule has 0 fully saturated rings. The highest BCUT2D eigenvalue weighted by Gasteiger charge is 2.09. The summed E-state index contributed by atoms with van der Waals surface area (Å²) in [6, 6.07) is 11.1. The van der Waals surface area contributed by atoms with Gasteiger partial charge < -0.3 is 15.2 Å². The lowest BCUT2D eigenvalue weighted by molar-refractivity contribution is 0.0909. The first-order chi connectivity index (χ1) is 10.7. The van der Waals surface area contributed by atoms with E-state index >= 15 is 0 Å². The molecule has 1 atom stereocenters. The van der Waals surface area contributed by atoms with E-state index < -0.39 is 6.10 Å². The number of amides is 1. The van der Waals surface area contributed by atoms with Gasteiger partial charge in [0.1, 0.15) is 12.4 Å². The second-order valence-electron chi connectivity index (χ2n) is 5.05. The number of benzene rings is 1. The molecule has 0 radical (unpaired) electrons. The van der Waals surface area contributed by atoms with Crippen LogP contribution >= 0.6 is 11.3 Å². The maximum absolute atomic E-state index is 12.1. The van der Waals surface area contributed by atoms with Gasteiger partial charge in [-0.05, 0) is 36.1 Å². The van der Waals surface area contributed by atoms with Crippen molar-refractivity contribution in [1.29, 1.82) is 0 Å². The van der Waals surface area contributed by atoms with Crippen LogP contribution in [0.5, 0.6) is 5.75 Å². The Labute approximate surface area is 134 Å². The Morgan fingerprint density at radius 2 is 2.23 bits per heavy atom. The quantitative estimate of drug-likeness (QED) is 0.785. The molecule has 4 nitrogen and oxygen atoms in total. The molecule has 2 aromatic rings. The van der Waals surface area contributed by atoms with E-state index in [4.69, 9.17) is 4.74 Å². The standard InChI is InChI=1S/C17H21NO3S/c1-2-5-14(19)11-18-17(20)13-6-3-7-15(10-13)21-12-16-8-4-9-22-16/h3-4,6-10,14,19H,2,5,11-12H2,1H3,(H,18,20). The topological polar surface area (TPSA) is 58.6 Å². The second-order valence-corrected chi connectivity index (χ2v) is 6.08. The summed E-state index contributed by atoms with van der Waals surface area (Å²) in [7, 11) is 0. The van der Waals surface area contributed by atoms with Crippen LogP contribution in [0, 0.1) is 0 Å². The van der Waals surface area contributed by atoms with Gasteiger partial charge in [-0.15, -0.1) is 11.3 Å². The molecule has 118 valence electrons. The van der Waals surface area contributed by atoms with Crippen LogP contribution in [0.4, 0.5) is 0 Å². The van der Waals surface area contributed by atoms with E-state index in [-0.39, 0.29) is 12.5 Å². The zero-order chi connectivity index (χ0) is 15.8. The second kappa shape index (κ2) is 8.56. The van der Waals surface area contributed by atoms with Crippen molar-refractivity contribution in [1.82, 2.24) is 5.32 Å². The van der Waals surface area contributed by atoms with Crippen molar-refractivity contribution in [3.8, 4) is 5.75 Å². The third-order valence-electron chi connectivity index (χ3n) is 3.18. The molecule has 1 amide bonds. The number of rotatable bonds is 8. The van der Waals surface area contributed by atoms with Gasteiger partial charge in [0.05, 0.1) is 6.10 Å². The Kier molecular flexibility index (Phi) is 6.43. The fourth-order valence-corrected chi connectivity index (χ4v) is 2.64. The summed E-state index contributed by atoms with van der Waals surface area (Å²) in [5, 5.41) is 14.4. The lowest BCUT2D eigenvalue weighted by Gasteiger charge is -2.11. The van der Waals surface area contributed by atoms with E-state index in [1.807, 2.05) is 30.5 Å². The van der Waals surface area contributed by atoms with E-state index in [0.717, 1.165) is 11.3 Å². The van der Waals surface area contributed by atoms with Crippen LogP contribution in [0.15, 0.2) is 41.8 Å². The first kappa shape index (κ1) is 16.5. The van der Waals surface area contributed by atoms with Crippen molar-refractivity contribution in [3.63, 3.8) is 0 Å². The highest BCUT2D eigenvalue weighted by atomic mass is 32.1. The van der Waals surface area contributed by atoms with Crippen LogP contribution in [0.25, 0.3) is 0 Å². The first-order valence-corrected chi connectivity index (χ1v) is 8.28. The van der Waals surface area contributed by atoms with Crippen LogP contribution in [-0.2, 0) is 6.61 Å². The van der Waals surface area contributed by atoms with Crippen molar-refractivity contribution in [3.05, 3.63) is 52.2 Å². The SMILES string of the molecule is CCCC(O)CNC(=O)c1cccc(OCc2cccs2)c1. The smallest absolute Gasteiger partial charge is 0.251 e. The number of hydrogen-bond acceptors (Lipinski definition) is 4. The van der Waals surface area contributed by atoms with E-state index in [2.05, 4.69) is 5.32 Å². The summed E-state index contributed by atoms with van der Waals surface area (Å²) in [6.07, 6.45) is 1.08. The predicted octanol–water partition coefficient (Wildman–Crippen LogP) is 3.22. The Morgan fingerprint density at radius 1 is 1.36 bits per heavy atom. The molecule has 2 rings (SSSR count). The molecular formula is C17H21NO3S. The molecule has 1 heterocycles. The van der Waals surface area contributed by atoms with Crippen LogP contribution < -0.4 is 10.1 Å². The molecule has 5 heteroatoms. The number of thiophene rings is 1. The molecule has 1 aromatic carbocycles. The Balaban J connectivity index is 1.88. The maximum atomic E-state index is 12.1. The molecular weight excluding hydrogens is 298 g/mol. The van der Waals surface area contributed by atoms with Gasteiger partial charge in [0.25, 0.3) is 5.91 Å². The zero-order valence-electron chi connectivity index (χ0n) is 12.6. The van der Waals surface area contributed by atoms with E-state index in [1.54, 1.807) is 29.5 Å². The number of aliphatic hydroxyl groups is 1. The van der Waals surface area contributed by atoms with E-state index in [9.17, 15) is 9.90 Å². The van der Waals surface area contributed by atoms with Gasteiger partial charge in [-0.3, -0.25) is 4.79 Å². The van der Waals surface area contributed by atoms with Crippen LogP contribution in [0.1, 0.15) is 35.0 Å². The third-order valence-corrected chi connectivity index (χ3v) is 4.03. The molecule has 0 saturated heterocycles.